The van der Waals surface area contributed by atoms with Gasteiger partial charge in [0.25, 0.3) is 5.56 Å². The summed E-state index contributed by atoms with van der Waals surface area (Å²) in [4.78, 5) is 31.6. The molecule has 0 radical (unpaired) electrons. The first-order chi connectivity index (χ1) is 7.72. The van der Waals surface area contributed by atoms with Gasteiger partial charge in [0, 0.05) is 11.5 Å². The Hall–Kier alpha value is -2.43. The van der Waals surface area contributed by atoms with Gasteiger partial charge in [-0.05, 0) is 18.2 Å². The lowest BCUT2D eigenvalue weighted by atomic mass is 10.2. The Morgan fingerprint density at radius 2 is 1.75 bits per heavy atom. The number of fused-ring (bicyclic) bond motifs is 2. The highest BCUT2D eigenvalue weighted by atomic mass is 16.1. The summed E-state index contributed by atoms with van der Waals surface area (Å²) in [6.07, 6.45) is 1.22. The highest BCUT2D eigenvalue weighted by Gasteiger charge is 2.00. The molecule has 0 fully saturated rings. The summed E-state index contributed by atoms with van der Waals surface area (Å²) in [7, 11) is 0. The summed E-state index contributed by atoms with van der Waals surface area (Å²) >= 11 is 0. The van der Waals surface area contributed by atoms with Crippen LogP contribution in [0.25, 0.3) is 21.9 Å². The second-order valence-electron chi connectivity index (χ2n) is 3.53. The van der Waals surface area contributed by atoms with Crippen molar-refractivity contribution in [2.24, 2.45) is 0 Å². The van der Waals surface area contributed by atoms with Gasteiger partial charge in [-0.25, -0.2) is 4.98 Å². The zero-order valence-corrected chi connectivity index (χ0v) is 8.15. The predicted octanol–water partition coefficient (Wildman–Crippen LogP) is 0.765. The first-order valence-electron chi connectivity index (χ1n) is 4.74. The zero-order chi connectivity index (χ0) is 11.1. The van der Waals surface area contributed by atoms with Crippen LogP contribution in [0.1, 0.15) is 0 Å². The number of nitrogens with zero attached hydrogens (tertiary/aromatic N) is 1. The zero-order valence-electron chi connectivity index (χ0n) is 8.15. The van der Waals surface area contributed by atoms with E-state index in [1.54, 1.807) is 18.2 Å². The first-order valence-corrected chi connectivity index (χ1v) is 4.74. The molecule has 0 saturated heterocycles. The van der Waals surface area contributed by atoms with E-state index in [4.69, 9.17) is 0 Å². The molecule has 0 aliphatic heterocycles. The molecule has 78 valence electrons. The SMILES string of the molecule is O=c1ccc2cc3[nH]c(=O)cnc3cc2[nH]1. The average Bonchev–Trinajstić information content (AvgIpc) is 2.26. The predicted molar refractivity (Wildman–Crippen MR) is 60.5 cm³/mol. The molecular weight excluding hydrogens is 206 g/mol. The minimum absolute atomic E-state index is 0.156. The Kier molecular flexibility index (Phi) is 1.67. The van der Waals surface area contributed by atoms with E-state index in [0.29, 0.717) is 16.6 Å². The van der Waals surface area contributed by atoms with Gasteiger partial charge in [-0.2, -0.15) is 0 Å². The monoisotopic (exact) mass is 213 g/mol. The maximum atomic E-state index is 11.1. The second-order valence-corrected chi connectivity index (χ2v) is 3.53. The van der Waals surface area contributed by atoms with E-state index in [0.717, 1.165) is 5.39 Å². The largest absolute Gasteiger partial charge is 0.322 e. The number of pyridine rings is 1. The number of rotatable bonds is 0. The molecule has 2 aromatic heterocycles. The van der Waals surface area contributed by atoms with E-state index in [1.807, 2.05) is 0 Å². The molecule has 5 heteroatoms. The summed E-state index contributed by atoms with van der Waals surface area (Å²) in [5.41, 5.74) is 1.62. The van der Waals surface area contributed by atoms with Gasteiger partial charge in [0.15, 0.2) is 0 Å². The molecule has 0 unspecified atom stereocenters. The van der Waals surface area contributed by atoms with Crippen molar-refractivity contribution < 1.29 is 0 Å². The minimum Gasteiger partial charge on any atom is -0.322 e. The highest BCUT2D eigenvalue weighted by molar-refractivity contribution is 5.92. The molecule has 0 aliphatic carbocycles. The third-order valence-corrected chi connectivity index (χ3v) is 2.42. The number of aromatic nitrogens is 3. The molecule has 0 atom stereocenters. The molecule has 0 spiro atoms. The van der Waals surface area contributed by atoms with E-state index >= 15 is 0 Å². The fourth-order valence-corrected chi connectivity index (χ4v) is 1.69. The Bertz CT molecular complexity index is 732. The van der Waals surface area contributed by atoms with Gasteiger partial charge >= 0.3 is 0 Å². The summed E-state index contributed by atoms with van der Waals surface area (Å²) in [6, 6.07) is 6.68. The van der Waals surface area contributed by atoms with Crippen molar-refractivity contribution in [2.45, 2.75) is 0 Å². The quantitative estimate of drug-likeness (QED) is 0.541. The fourth-order valence-electron chi connectivity index (χ4n) is 1.69. The van der Waals surface area contributed by atoms with Crippen molar-refractivity contribution in [3.05, 3.63) is 51.2 Å². The third-order valence-electron chi connectivity index (χ3n) is 2.42. The van der Waals surface area contributed by atoms with E-state index < -0.39 is 0 Å². The lowest BCUT2D eigenvalue weighted by molar-refractivity contribution is 1.22. The van der Waals surface area contributed by atoms with Crippen LogP contribution in [0, 0.1) is 0 Å². The molecule has 2 N–H and O–H groups in total. The normalized spacial score (nSPS) is 11.0. The van der Waals surface area contributed by atoms with Crippen LogP contribution in [-0.4, -0.2) is 15.0 Å². The molecule has 0 bridgehead atoms. The molecule has 3 rings (SSSR count). The molecule has 2 heterocycles. The third kappa shape index (κ3) is 1.30. The Balaban J connectivity index is 2.53. The van der Waals surface area contributed by atoms with Crippen LogP contribution in [-0.2, 0) is 0 Å². The Morgan fingerprint density at radius 3 is 2.62 bits per heavy atom. The second kappa shape index (κ2) is 3.03. The highest BCUT2D eigenvalue weighted by Crippen LogP contribution is 2.15. The van der Waals surface area contributed by atoms with Crippen molar-refractivity contribution in [1.29, 1.82) is 0 Å². The number of benzene rings is 1. The van der Waals surface area contributed by atoms with Gasteiger partial charge in [-0.3, -0.25) is 9.59 Å². The van der Waals surface area contributed by atoms with Crippen molar-refractivity contribution in [3.8, 4) is 0 Å². The number of aromatic amines is 2. The first kappa shape index (κ1) is 8.84. The fraction of sp³-hybridized carbons (Fsp3) is 0. The summed E-state index contributed by atoms with van der Waals surface area (Å²) in [6.45, 7) is 0. The van der Waals surface area contributed by atoms with Crippen molar-refractivity contribution in [3.63, 3.8) is 0 Å². The van der Waals surface area contributed by atoms with Crippen LogP contribution in [0.5, 0.6) is 0 Å². The maximum Gasteiger partial charge on any atom is 0.266 e. The Labute approximate surface area is 88.8 Å². The lowest BCUT2D eigenvalue weighted by Crippen LogP contribution is -2.06. The van der Waals surface area contributed by atoms with Crippen LogP contribution in [0.4, 0.5) is 0 Å². The number of nitrogens with one attached hydrogen (secondary N) is 2. The van der Waals surface area contributed by atoms with Crippen molar-refractivity contribution >= 4 is 21.9 Å². The van der Waals surface area contributed by atoms with Gasteiger partial charge in [0.05, 0.1) is 22.7 Å². The van der Waals surface area contributed by atoms with Gasteiger partial charge in [-0.15, -0.1) is 0 Å². The van der Waals surface area contributed by atoms with Gasteiger partial charge in [0.1, 0.15) is 0 Å². The van der Waals surface area contributed by atoms with Crippen LogP contribution >= 0.6 is 0 Å². The van der Waals surface area contributed by atoms with Gasteiger partial charge < -0.3 is 9.97 Å². The Morgan fingerprint density at radius 1 is 0.938 bits per heavy atom. The van der Waals surface area contributed by atoms with Crippen LogP contribution < -0.4 is 11.1 Å². The molecule has 1 aromatic carbocycles. The molecule has 0 aliphatic rings. The topological polar surface area (TPSA) is 78.6 Å². The van der Waals surface area contributed by atoms with Crippen LogP contribution in [0.15, 0.2) is 40.1 Å². The molecule has 0 amide bonds. The molecule has 0 saturated carbocycles. The summed E-state index contributed by atoms with van der Waals surface area (Å²) in [5, 5.41) is 0.857. The van der Waals surface area contributed by atoms with Crippen molar-refractivity contribution in [2.75, 3.05) is 0 Å². The van der Waals surface area contributed by atoms with E-state index in [1.165, 1.54) is 12.3 Å². The van der Waals surface area contributed by atoms with E-state index in [-0.39, 0.29) is 11.1 Å². The summed E-state index contributed by atoms with van der Waals surface area (Å²) < 4.78 is 0. The number of H-pyrrole nitrogens is 2. The smallest absolute Gasteiger partial charge is 0.266 e. The molecule has 3 aromatic rings. The summed E-state index contributed by atoms with van der Waals surface area (Å²) in [5.74, 6) is 0. The number of hydrogen-bond donors (Lipinski definition) is 2. The average molecular weight is 213 g/mol. The number of hydrogen-bond acceptors (Lipinski definition) is 3. The maximum absolute atomic E-state index is 11.1. The minimum atomic E-state index is -0.240. The lowest BCUT2D eigenvalue weighted by Gasteiger charge is -2.00. The molecular formula is C11H7N3O2. The van der Waals surface area contributed by atoms with Crippen LogP contribution in [0.3, 0.4) is 0 Å². The van der Waals surface area contributed by atoms with Crippen molar-refractivity contribution in [1.82, 2.24) is 15.0 Å². The standard InChI is InChI=1S/C11H7N3O2/c15-10-2-1-6-3-9-8(4-7(6)13-10)12-5-11(16)14-9/h1-5H,(H,13,15)(H,14,16). The van der Waals surface area contributed by atoms with E-state index in [9.17, 15) is 9.59 Å². The van der Waals surface area contributed by atoms with Gasteiger partial charge in [0.2, 0.25) is 5.56 Å². The van der Waals surface area contributed by atoms with Crippen LogP contribution in [0.2, 0.25) is 0 Å². The van der Waals surface area contributed by atoms with Gasteiger partial charge in [-0.1, -0.05) is 0 Å². The molecule has 5 nitrogen and oxygen atoms in total. The van der Waals surface area contributed by atoms with E-state index in [2.05, 4.69) is 15.0 Å². The molecule has 16 heavy (non-hydrogen) atoms.